The minimum atomic E-state index is -1.03. The zero-order valence-corrected chi connectivity index (χ0v) is 18.9. The number of rotatable bonds is 1. The number of amides is 1. The number of hydrogen-bond acceptors (Lipinski definition) is 6. The minimum absolute atomic E-state index is 0.0461. The standard InChI is InChI=1S/C24H18F3N3O4S/c25-14-2-1-3-17-19(14)21(12-4-5-15(26)20(27)13(12)11-35-17)30-18-10-34-9-8-28(18)24(33)22-23(32)16(31)6-7-29(22)30/h1-7,18,21,32H,8-11H2/t18-,21+/m1/s1. The maximum absolute atomic E-state index is 15.5. The van der Waals surface area contributed by atoms with Crippen LogP contribution in [0.4, 0.5) is 13.2 Å². The summed E-state index contributed by atoms with van der Waals surface area (Å²) in [4.78, 5) is 27.5. The molecule has 1 amide bonds. The van der Waals surface area contributed by atoms with Gasteiger partial charge in [-0.05, 0) is 23.8 Å². The first-order chi connectivity index (χ1) is 16.9. The molecule has 0 unspecified atom stereocenters. The molecule has 1 saturated heterocycles. The van der Waals surface area contributed by atoms with Crippen LogP contribution in [-0.2, 0) is 10.5 Å². The zero-order chi connectivity index (χ0) is 24.4. The average Bonchev–Trinajstić information content (AvgIpc) is 3.02. The van der Waals surface area contributed by atoms with Crippen LogP contribution in [0.5, 0.6) is 5.75 Å². The van der Waals surface area contributed by atoms with Crippen molar-refractivity contribution < 1.29 is 27.8 Å². The molecular formula is C24H18F3N3O4S. The lowest BCUT2D eigenvalue weighted by Gasteiger charge is -2.51. The van der Waals surface area contributed by atoms with Crippen LogP contribution in [0.2, 0.25) is 0 Å². The van der Waals surface area contributed by atoms with Gasteiger partial charge in [0.05, 0.1) is 13.2 Å². The fraction of sp³-hybridized carbons (Fsp3) is 0.250. The predicted octanol–water partition coefficient (Wildman–Crippen LogP) is 3.12. The molecule has 4 heterocycles. The number of carbonyl (C=O) groups excluding carboxylic acids is 1. The second kappa shape index (κ2) is 8.06. The van der Waals surface area contributed by atoms with E-state index in [2.05, 4.69) is 0 Å². The van der Waals surface area contributed by atoms with E-state index in [1.54, 1.807) is 11.1 Å². The highest BCUT2D eigenvalue weighted by molar-refractivity contribution is 7.98. The second-order valence-corrected chi connectivity index (χ2v) is 9.45. The molecule has 1 aromatic heterocycles. The van der Waals surface area contributed by atoms with Gasteiger partial charge in [-0.25, -0.2) is 13.2 Å². The normalized spacial score (nSPS) is 21.1. The monoisotopic (exact) mass is 501 g/mol. The Labute approximate surface area is 201 Å². The van der Waals surface area contributed by atoms with E-state index in [1.807, 2.05) is 0 Å². The van der Waals surface area contributed by atoms with Crippen molar-refractivity contribution >= 4 is 17.7 Å². The number of morpholine rings is 1. The number of halogens is 3. The number of nitrogens with zero attached hydrogens (tertiary/aromatic N) is 3. The van der Waals surface area contributed by atoms with Crippen LogP contribution in [0.3, 0.4) is 0 Å². The molecule has 1 N–H and O–H groups in total. The largest absolute Gasteiger partial charge is 0.502 e. The van der Waals surface area contributed by atoms with Crippen molar-refractivity contribution in [2.75, 3.05) is 24.8 Å². The fourth-order valence-corrected chi connectivity index (χ4v) is 6.16. The summed E-state index contributed by atoms with van der Waals surface area (Å²) in [6.07, 6.45) is 0.548. The van der Waals surface area contributed by atoms with Crippen molar-refractivity contribution in [3.8, 4) is 5.75 Å². The van der Waals surface area contributed by atoms with Gasteiger partial charge in [0, 0.05) is 40.6 Å². The van der Waals surface area contributed by atoms with Gasteiger partial charge in [0.25, 0.3) is 5.91 Å². The van der Waals surface area contributed by atoms with Gasteiger partial charge >= 0.3 is 0 Å². The molecule has 11 heteroatoms. The van der Waals surface area contributed by atoms with Crippen LogP contribution in [0.1, 0.15) is 33.2 Å². The van der Waals surface area contributed by atoms with Gasteiger partial charge in [-0.1, -0.05) is 12.1 Å². The van der Waals surface area contributed by atoms with Crippen molar-refractivity contribution in [1.29, 1.82) is 0 Å². The van der Waals surface area contributed by atoms with E-state index < -0.39 is 46.7 Å². The number of pyridine rings is 1. The molecule has 0 spiro atoms. The Morgan fingerprint density at radius 3 is 2.71 bits per heavy atom. The Morgan fingerprint density at radius 2 is 1.89 bits per heavy atom. The van der Waals surface area contributed by atoms with Crippen LogP contribution in [-0.4, -0.2) is 46.5 Å². The lowest BCUT2D eigenvalue weighted by atomic mass is 9.92. The van der Waals surface area contributed by atoms with E-state index in [1.165, 1.54) is 45.7 Å². The Morgan fingerprint density at radius 1 is 1.06 bits per heavy atom. The summed E-state index contributed by atoms with van der Waals surface area (Å²) in [5.74, 6) is -3.87. The summed E-state index contributed by atoms with van der Waals surface area (Å²) >= 11 is 1.18. The summed E-state index contributed by atoms with van der Waals surface area (Å²) in [5, 5.41) is 12.2. The van der Waals surface area contributed by atoms with Crippen LogP contribution in [0.15, 0.2) is 52.3 Å². The maximum atomic E-state index is 15.5. The Bertz CT molecular complexity index is 1450. The molecule has 3 aliphatic rings. The van der Waals surface area contributed by atoms with E-state index in [9.17, 15) is 19.1 Å². The minimum Gasteiger partial charge on any atom is -0.502 e. The summed E-state index contributed by atoms with van der Waals surface area (Å²) < 4.78 is 51.8. The number of ether oxygens (including phenoxy) is 1. The molecular weight excluding hydrogens is 483 g/mol. The van der Waals surface area contributed by atoms with Crippen molar-refractivity contribution in [3.05, 3.63) is 92.7 Å². The van der Waals surface area contributed by atoms with E-state index in [-0.39, 0.29) is 42.3 Å². The van der Waals surface area contributed by atoms with Gasteiger partial charge in [-0.3, -0.25) is 19.3 Å². The number of benzene rings is 2. The van der Waals surface area contributed by atoms with E-state index >= 15 is 8.78 Å². The van der Waals surface area contributed by atoms with Crippen LogP contribution in [0, 0.1) is 17.5 Å². The smallest absolute Gasteiger partial charge is 0.278 e. The summed E-state index contributed by atoms with van der Waals surface area (Å²) in [6.45, 7) is 0.444. The first-order valence-electron chi connectivity index (χ1n) is 10.9. The second-order valence-electron chi connectivity index (χ2n) is 8.43. The third kappa shape index (κ3) is 3.18. The number of aromatic nitrogens is 1. The highest BCUT2D eigenvalue weighted by Crippen LogP contribution is 2.46. The average molecular weight is 501 g/mol. The molecule has 3 aromatic rings. The summed E-state index contributed by atoms with van der Waals surface area (Å²) in [7, 11) is 0. The summed E-state index contributed by atoms with van der Waals surface area (Å²) in [6, 6.07) is 6.98. The molecule has 35 heavy (non-hydrogen) atoms. The fourth-order valence-electron chi connectivity index (χ4n) is 5.03. The maximum Gasteiger partial charge on any atom is 0.278 e. The molecule has 0 bridgehead atoms. The van der Waals surface area contributed by atoms with Gasteiger partial charge in [0.2, 0.25) is 5.43 Å². The Balaban J connectivity index is 1.70. The van der Waals surface area contributed by atoms with Gasteiger partial charge in [0.15, 0.2) is 23.1 Å². The molecule has 2 aromatic carbocycles. The lowest BCUT2D eigenvalue weighted by molar-refractivity contribution is -0.0198. The van der Waals surface area contributed by atoms with E-state index in [4.69, 9.17) is 4.74 Å². The van der Waals surface area contributed by atoms with Gasteiger partial charge in [-0.2, -0.15) is 0 Å². The summed E-state index contributed by atoms with van der Waals surface area (Å²) in [5.41, 5.74) is -0.430. The predicted molar refractivity (Wildman–Crippen MR) is 120 cm³/mol. The van der Waals surface area contributed by atoms with E-state index in [0.29, 0.717) is 10.5 Å². The number of fused-ring (bicyclic) bond motifs is 4. The SMILES string of the molecule is O=C1c2c(O)c(=O)ccn2N([C@H]2c3ccc(F)c(F)c3CSc3cccc(F)c32)[C@@H]2COCCN12. The molecule has 6 rings (SSSR count). The van der Waals surface area contributed by atoms with Crippen molar-refractivity contribution in [2.24, 2.45) is 0 Å². The number of thioether (sulfide) groups is 1. The van der Waals surface area contributed by atoms with Gasteiger partial charge in [-0.15, -0.1) is 11.8 Å². The third-order valence-electron chi connectivity index (χ3n) is 6.62. The Kier molecular flexibility index (Phi) is 5.08. The highest BCUT2D eigenvalue weighted by Gasteiger charge is 2.46. The number of hydrogen-bond donors (Lipinski definition) is 1. The van der Waals surface area contributed by atoms with Crippen molar-refractivity contribution in [3.63, 3.8) is 0 Å². The van der Waals surface area contributed by atoms with Gasteiger partial charge < -0.3 is 14.7 Å². The van der Waals surface area contributed by atoms with E-state index in [0.717, 1.165) is 12.1 Å². The first-order valence-corrected chi connectivity index (χ1v) is 11.9. The molecule has 180 valence electrons. The Hall–Kier alpha value is -3.44. The lowest BCUT2D eigenvalue weighted by Crippen LogP contribution is -2.66. The molecule has 7 nitrogen and oxygen atoms in total. The van der Waals surface area contributed by atoms with Crippen molar-refractivity contribution in [2.45, 2.75) is 22.9 Å². The molecule has 0 radical (unpaired) electrons. The molecule has 0 saturated carbocycles. The molecule has 2 atom stereocenters. The number of carbonyl (C=O) groups is 1. The topological polar surface area (TPSA) is 75.0 Å². The van der Waals surface area contributed by atoms with Crippen LogP contribution >= 0.6 is 11.8 Å². The van der Waals surface area contributed by atoms with Crippen LogP contribution < -0.4 is 10.4 Å². The quantitative estimate of drug-likeness (QED) is 0.553. The van der Waals surface area contributed by atoms with Gasteiger partial charge in [0.1, 0.15) is 18.0 Å². The van der Waals surface area contributed by atoms with Crippen LogP contribution in [0.25, 0.3) is 0 Å². The molecule has 1 fully saturated rings. The zero-order valence-electron chi connectivity index (χ0n) is 18.1. The molecule has 0 aliphatic carbocycles. The van der Waals surface area contributed by atoms with Crippen molar-refractivity contribution in [1.82, 2.24) is 9.58 Å². The third-order valence-corrected chi connectivity index (χ3v) is 7.72. The first kappa shape index (κ1) is 22.1. The molecule has 3 aliphatic heterocycles. The number of aromatic hydroxyl groups is 1. The highest BCUT2D eigenvalue weighted by atomic mass is 32.2.